The van der Waals surface area contributed by atoms with E-state index in [1.165, 1.54) is 29.5 Å². The maximum Gasteiger partial charge on any atom is 0.316 e. The fourth-order valence-electron chi connectivity index (χ4n) is 5.38. The van der Waals surface area contributed by atoms with Gasteiger partial charge in [-0.05, 0) is 61.6 Å². The molecule has 0 amide bonds. The van der Waals surface area contributed by atoms with Gasteiger partial charge in [-0.15, -0.1) is 0 Å². The predicted octanol–water partition coefficient (Wildman–Crippen LogP) is 6.09. The van der Waals surface area contributed by atoms with Crippen molar-refractivity contribution in [2.24, 2.45) is 0 Å². The minimum atomic E-state index is -0.561. The van der Waals surface area contributed by atoms with Crippen molar-refractivity contribution in [3.8, 4) is 11.1 Å². The maximum absolute atomic E-state index is 12.9. The summed E-state index contributed by atoms with van der Waals surface area (Å²) in [4.78, 5) is 17.9. The first kappa shape index (κ1) is 25.0. The molecule has 35 heavy (non-hydrogen) atoms. The molecule has 184 valence electrons. The average molecular weight is 471 g/mol. The van der Waals surface area contributed by atoms with Crippen LogP contribution in [0.1, 0.15) is 37.3 Å². The molecule has 1 aliphatic heterocycles. The molecule has 0 bridgehead atoms. The molecule has 1 unspecified atom stereocenters. The largest absolute Gasteiger partial charge is 0.468 e. The van der Waals surface area contributed by atoms with Gasteiger partial charge in [0, 0.05) is 31.9 Å². The second-order valence-corrected chi connectivity index (χ2v) is 9.65. The van der Waals surface area contributed by atoms with Crippen molar-refractivity contribution in [1.29, 1.82) is 0 Å². The molecule has 1 atom stereocenters. The molecule has 0 aromatic heterocycles. The highest BCUT2D eigenvalue weighted by Crippen LogP contribution is 2.34. The first-order chi connectivity index (χ1) is 17.1. The Kier molecular flexibility index (Phi) is 8.25. The highest BCUT2D eigenvalue weighted by atomic mass is 16.5. The number of rotatable bonds is 9. The van der Waals surface area contributed by atoms with Crippen molar-refractivity contribution < 1.29 is 9.53 Å². The summed E-state index contributed by atoms with van der Waals surface area (Å²) in [5.41, 5.74) is 5.62. The molecule has 0 N–H and O–H groups in total. The van der Waals surface area contributed by atoms with Crippen molar-refractivity contribution >= 4 is 11.7 Å². The fourth-order valence-corrected chi connectivity index (χ4v) is 5.38. The van der Waals surface area contributed by atoms with E-state index in [9.17, 15) is 4.79 Å². The number of esters is 1. The van der Waals surface area contributed by atoms with Gasteiger partial charge in [-0.25, -0.2) is 0 Å². The summed E-state index contributed by atoms with van der Waals surface area (Å²) in [6.45, 7) is 9.35. The lowest BCUT2D eigenvalue weighted by Crippen LogP contribution is -2.47. The summed E-state index contributed by atoms with van der Waals surface area (Å²) in [6.07, 6.45) is 2.52. The Morgan fingerprint density at radius 3 is 2.23 bits per heavy atom. The van der Waals surface area contributed by atoms with Crippen LogP contribution in [0, 0.1) is 6.92 Å². The highest BCUT2D eigenvalue weighted by molar-refractivity contribution is 5.83. The van der Waals surface area contributed by atoms with Gasteiger partial charge < -0.3 is 9.64 Å². The van der Waals surface area contributed by atoms with Crippen molar-refractivity contribution in [2.45, 2.75) is 38.5 Å². The molecule has 0 spiro atoms. The Morgan fingerprint density at radius 1 is 0.886 bits per heavy atom. The first-order valence-electron chi connectivity index (χ1n) is 12.8. The van der Waals surface area contributed by atoms with E-state index >= 15 is 0 Å². The number of nitrogens with zero attached hydrogens (tertiary/aromatic N) is 2. The maximum atomic E-state index is 12.9. The van der Waals surface area contributed by atoms with E-state index in [4.69, 9.17) is 4.74 Å². The smallest absolute Gasteiger partial charge is 0.316 e. The number of benzene rings is 3. The van der Waals surface area contributed by atoms with E-state index in [1.54, 1.807) is 0 Å². The number of carbonyl (C=O) groups is 1. The lowest BCUT2D eigenvalue weighted by atomic mass is 9.74. The standard InChI is InChI=1S/C31H38N2O2/c1-4-31(30(34)35-3,28-14-6-5-7-15-28)17-10-18-32-19-21-33(22-20-32)29-16-9-13-27(24-29)26-12-8-11-25(2)23-26/h5-9,11-16,23-24H,4,10,17-22H2,1-3H3. The fraction of sp³-hybridized carbons (Fsp3) is 0.387. The molecule has 1 aliphatic rings. The third-order valence-corrected chi connectivity index (χ3v) is 7.52. The lowest BCUT2D eigenvalue weighted by Gasteiger charge is -2.37. The molecular formula is C31H38N2O2. The van der Waals surface area contributed by atoms with Crippen LogP contribution in [0.4, 0.5) is 5.69 Å². The summed E-state index contributed by atoms with van der Waals surface area (Å²) in [5, 5.41) is 0. The number of piperazine rings is 1. The molecule has 0 saturated carbocycles. The molecule has 1 saturated heterocycles. The van der Waals surface area contributed by atoms with Crippen molar-refractivity contribution in [2.75, 3.05) is 44.7 Å². The van der Waals surface area contributed by atoms with Crippen LogP contribution in [0.3, 0.4) is 0 Å². The van der Waals surface area contributed by atoms with E-state index in [2.05, 4.69) is 84.3 Å². The SMILES string of the molecule is CCC(CCCN1CCN(c2cccc(-c3cccc(C)c3)c2)CC1)(C(=O)OC)c1ccccc1. The zero-order chi connectivity index (χ0) is 24.7. The molecular weight excluding hydrogens is 432 g/mol. The van der Waals surface area contributed by atoms with Crippen LogP contribution in [0.2, 0.25) is 0 Å². The van der Waals surface area contributed by atoms with Gasteiger partial charge in [-0.1, -0.05) is 79.2 Å². The van der Waals surface area contributed by atoms with Crippen LogP contribution >= 0.6 is 0 Å². The zero-order valence-corrected chi connectivity index (χ0v) is 21.4. The minimum absolute atomic E-state index is 0.121. The van der Waals surface area contributed by atoms with Crippen LogP contribution in [0.25, 0.3) is 11.1 Å². The summed E-state index contributed by atoms with van der Waals surface area (Å²) >= 11 is 0. The molecule has 1 heterocycles. The van der Waals surface area contributed by atoms with E-state index in [0.717, 1.165) is 57.5 Å². The lowest BCUT2D eigenvalue weighted by molar-refractivity contribution is -0.148. The molecule has 3 aromatic rings. The van der Waals surface area contributed by atoms with Crippen molar-refractivity contribution in [1.82, 2.24) is 4.90 Å². The molecule has 4 rings (SSSR count). The number of methoxy groups -OCH3 is 1. The quantitative estimate of drug-likeness (QED) is 0.355. The minimum Gasteiger partial charge on any atom is -0.468 e. The molecule has 3 aromatic carbocycles. The van der Waals surface area contributed by atoms with Crippen LogP contribution < -0.4 is 4.90 Å². The Labute approximate surface area is 210 Å². The van der Waals surface area contributed by atoms with Crippen LogP contribution in [0.15, 0.2) is 78.9 Å². The monoisotopic (exact) mass is 470 g/mol. The summed E-state index contributed by atoms with van der Waals surface area (Å²) in [5.74, 6) is -0.121. The van der Waals surface area contributed by atoms with Gasteiger partial charge in [0.15, 0.2) is 0 Å². The van der Waals surface area contributed by atoms with Crippen LogP contribution in [-0.4, -0.2) is 50.7 Å². The van der Waals surface area contributed by atoms with Gasteiger partial charge in [0.2, 0.25) is 0 Å². The van der Waals surface area contributed by atoms with Gasteiger partial charge in [-0.2, -0.15) is 0 Å². The summed E-state index contributed by atoms with van der Waals surface area (Å²) < 4.78 is 5.26. The zero-order valence-electron chi connectivity index (χ0n) is 21.4. The van der Waals surface area contributed by atoms with Gasteiger partial charge in [-0.3, -0.25) is 9.69 Å². The predicted molar refractivity (Wildman–Crippen MR) is 145 cm³/mol. The summed E-state index contributed by atoms with van der Waals surface area (Å²) in [6, 6.07) is 27.7. The van der Waals surface area contributed by atoms with Crippen molar-refractivity contribution in [3.63, 3.8) is 0 Å². The third-order valence-electron chi connectivity index (χ3n) is 7.52. The number of carbonyl (C=O) groups excluding carboxylic acids is 1. The van der Waals surface area contributed by atoms with E-state index in [-0.39, 0.29) is 5.97 Å². The Balaban J connectivity index is 1.34. The first-order valence-corrected chi connectivity index (χ1v) is 12.8. The van der Waals surface area contributed by atoms with E-state index in [1.807, 2.05) is 18.2 Å². The van der Waals surface area contributed by atoms with Crippen LogP contribution in [-0.2, 0) is 14.9 Å². The molecule has 0 aliphatic carbocycles. The van der Waals surface area contributed by atoms with Crippen LogP contribution in [0.5, 0.6) is 0 Å². The third kappa shape index (κ3) is 5.76. The van der Waals surface area contributed by atoms with E-state index in [0.29, 0.717) is 0 Å². The van der Waals surface area contributed by atoms with E-state index < -0.39 is 5.41 Å². The second-order valence-electron chi connectivity index (χ2n) is 9.65. The van der Waals surface area contributed by atoms with Crippen molar-refractivity contribution in [3.05, 3.63) is 90.0 Å². The molecule has 4 nitrogen and oxygen atoms in total. The van der Waals surface area contributed by atoms with Gasteiger partial charge in [0.05, 0.1) is 12.5 Å². The molecule has 0 radical (unpaired) electrons. The molecule has 4 heteroatoms. The number of hydrogen-bond acceptors (Lipinski definition) is 4. The van der Waals surface area contributed by atoms with Gasteiger partial charge in [0.1, 0.15) is 0 Å². The highest BCUT2D eigenvalue weighted by Gasteiger charge is 2.39. The van der Waals surface area contributed by atoms with Gasteiger partial charge >= 0.3 is 5.97 Å². The number of hydrogen-bond donors (Lipinski definition) is 0. The number of aryl methyl sites for hydroxylation is 1. The van der Waals surface area contributed by atoms with Gasteiger partial charge in [0.25, 0.3) is 0 Å². The molecule has 1 fully saturated rings. The number of anilines is 1. The Bertz CT molecular complexity index is 1110. The topological polar surface area (TPSA) is 32.8 Å². The number of ether oxygens (including phenoxy) is 1. The Morgan fingerprint density at radius 2 is 1.57 bits per heavy atom. The Hall–Kier alpha value is -3.11. The summed E-state index contributed by atoms with van der Waals surface area (Å²) in [7, 11) is 1.50. The second kappa shape index (κ2) is 11.5. The normalized spacial score (nSPS) is 16.0. The average Bonchev–Trinajstić information content (AvgIpc) is 2.92.